The maximum absolute atomic E-state index is 4.67. The summed E-state index contributed by atoms with van der Waals surface area (Å²) in [6.45, 7) is 6.53. The highest BCUT2D eigenvalue weighted by Crippen LogP contribution is 2.24. The molecule has 1 aromatic heterocycles. The van der Waals surface area contributed by atoms with Crippen LogP contribution in [0, 0.1) is 12.8 Å². The number of aryl methyl sites for hydroxylation is 1. The molecule has 2 heterocycles. The van der Waals surface area contributed by atoms with Gasteiger partial charge in [-0.15, -0.1) is 0 Å². The molecule has 0 radical (unpaired) electrons. The summed E-state index contributed by atoms with van der Waals surface area (Å²) < 4.78 is 1.11. The van der Waals surface area contributed by atoms with E-state index in [4.69, 9.17) is 0 Å². The second-order valence-corrected chi connectivity index (χ2v) is 6.88. The first-order valence-corrected chi connectivity index (χ1v) is 8.52. The van der Waals surface area contributed by atoms with Crippen molar-refractivity contribution in [1.82, 2.24) is 9.97 Å². The van der Waals surface area contributed by atoms with Gasteiger partial charge in [0.15, 0.2) is 0 Å². The van der Waals surface area contributed by atoms with Crippen LogP contribution in [0.1, 0.15) is 25.3 Å². The van der Waals surface area contributed by atoms with Crippen molar-refractivity contribution in [2.45, 2.75) is 26.7 Å². The first kappa shape index (κ1) is 15.3. The number of halogens is 1. The second-order valence-electron chi connectivity index (χ2n) is 6.02. The molecule has 0 bridgehead atoms. The van der Waals surface area contributed by atoms with E-state index >= 15 is 0 Å². The summed E-state index contributed by atoms with van der Waals surface area (Å²) in [5, 5.41) is 3.29. The number of anilines is 3. The van der Waals surface area contributed by atoms with E-state index < -0.39 is 0 Å². The fourth-order valence-corrected chi connectivity index (χ4v) is 3.08. The molecule has 116 valence electrons. The van der Waals surface area contributed by atoms with E-state index in [1.54, 1.807) is 0 Å². The Labute approximate surface area is 140 Å². The standard InChI is InChI=1S/C17H21BrN4/c1-12-4-3-9-22(11-12)16-7-8-19-17(21-16)20-14-5-6-15(18)13(2)10-14/h5-8,10,12H,3-4,9,11H2,1-2H3,(H,19,20,21). The minimum Gasteiger partial charge on any atom is -0.356 e. The average Bonchev–Trinajstić information content (AvgIpc) is 2.51. The van der Waals surface area contributed by atoms with Gasteiger partial charge in [0, 0.05) is 29.4 Å². The molecule has 1 N–H and O–H groups in total. The number of hydrogen-bond donors (Lipinski definition) is 1. The van der Waals surface area contributed by atoms with E-state index in [9.17, 15) is 0 Å². The van der Waals surface area contributed by atoms with Gasteiger partial charge in [0.2, 0.25) is 5.95 Å². The van der Waals surface area contributed by atoms with E-state index in [0.717, 1.165) is 35.0 Å². The number of hydrogen-bond acceptors (Lipinski definition) is 4. The van der Waals surface area contributed by atoms with Crippen LogP contribution >= 0.6 is 15.9 Å². The third-order valence-corrected chi connectivity index (χ3v) is 4.93. The fourth-order valence-electron chi connectivity index (χ4n) is 2.83. The first-order chi connectivity index (χ1) is 10.6. The molecule has 5 heteroatoms. The smallest absolute Gasteiger partial charge is 0.229 e. The second kappa shape index (κ2) is 6.65. The highest BCUT2D eigenvalue weighted by atomic mass is 79.9. The molecular formula is C17H21BrN4. The van der Waals surface area contributed by atoms with Crippen molar-refractivity contribution in [3.05, 3.63) is 40.5 Å². The van der Waals surface area contributed by atoms with E-state index in [0.29, 0.717) is 5.95 Å². The summed E-state index contributed by atoms with van der Waals surface area (Å²) in [4.78, 5) is 11.4. The topological polar surface area (TPSA) is 41.1 Å². The Bertz CT molecular complexity index is 659. The van der Waals surface area contributed by atoms with Crippen molar-refractivity contribution in [3.8, 4) is 0 Å². The molecule has 0 aliphatic carbocycles. The quantitative estimate of drug-likeness (QED) is 0.872. The molecule has 2 aromatic rings. The van der Waals surface area contributed by atoms with E-state index in [1.807, 2.05) is 24.4 Å². The summed E-state index contributed by atoms with van der Waals surface area (Å²) in [6, 6.07) is 8.14. The van der Waals surface area contributed by atoms with Gasteiger partial charge in [0.25, 0.3) is 0 Å². The molecule has 1 aromatic carbocycles. The van der Waals surface area contributed by atoms with Crippen LogP contribution in [0.3, 0.4) is 0 Å². The Balaban J connectivity index is 1.77. The summed E-state index contributed by atoms with van der Waals surface area (Å²) in [6.07, 6.45) is 4.38. The Kier molecular flexibility index (Phi) is 4.62. The van der Waals surface area contributed by atoms with Crippen LogP contribution in [0.15, 0.2) is 34.9 Å². The highest BCUT2D eigenvalue weighted by molar-refractivity contribution is 9.10. The lowest BCUT2D eigenvalue weighted by Gasteiger charge is -2.31. The molecule has 22 heavy (non-hydrogen) atoms. The number of nitrogens with zero attached hydrogens (tertiary/aromatic N) is 3. The molecule has 1 atom stereocenters. The molecule has 4 nitrogen and oxygen atoms in total. The Morgan fingerprint density at radius 1 is 1.32 bits per heavy atom. The largest absolute Gasteiger partial charge is 0.356 e. The van der Waals surface area contributed by atoms with Gasteiger partial charge >= 0.3 is 0 Å². The minimum absolute atomic E-state index is 0.650. The molecule has 1 aliphatic heterocycles. The molecule has 1 fully saturated rings. The van der Waals surface area contributed by atoms with Crippen molar-refractivity contribution in [2.24, 2.45) is 5.92 Å². The van der Waals surface area contributed by atoms with Gasteiger partial charge < -0.3 is 10.2 Å². The van der Waals surface area contributed by atoms with Crippen LogP contribution in [0.5, 0.6) is 0 Å². The third-order valence-electron chi connectivity index (χ3n) is 4.04. The van der Waals surface area contributed by atoms with Crippen LogP contribution in [0.2, 0.25) is 0 Å². The normalized spacial score (nSPS) is 18.3. The average molecular weight is 361 g/mol. The summed E-state index contributed by atoms with van der Waals surface area (Å²) in [5.41, 5.74) is 2.19. The lowest BCUT2D eigenvalue weighted by molar-refractivity contribution is 0.444. The zero-order valence-corrected chi connectivity index (χ0v) is 14.6. The zero-order valence-electron chi connectivity index (χ0n) is 13.0. The molecule has 1 saturated heterocycles. The van der Waals surface area contributed by atoms with Crippen LogP contribution in [-0.4, -0.2) is 23.1 Å². The summed E-state index contributed by atoms with van der Waals surface area (Å²) in [7, 11) is 0. The SMILES string of the molecule is Cc1cc(Nc2nccc(N3CCCC(C)C3)n2)ccc1Br. The van der Waals surface area contributed by atoms with Crippen molar-refractivity contribution in [2.75, 3.05) is 23.3 Å². The van der Waals surface area contributed by atoms with E-state index in [1.165, 1.54) is 18.4 Å². The summed E-state index contributed by atoms with van der Waals surface area (Å²) >= 11 is 3.52. The third kappa shape index (κ3) is 3.58. The number of benzene rings is 1. The zero-order chi connectivity index (χ0) is 15.5. The molecular weight excluding hydrogens is 340 g/mol. The van der Waals surface area contributed by atoms with Gasteiger partial charge in [-0.1, -0.05) is 22.9 Å². The molecule has 1 unspecified atom stereocenters. The van der Waals surface area contributed by atoms with Gasteiger partial charge in [-0.3, -0.25) is 0 Å². The fraction of sp³-hybridized carbons (Fsp3) is 0.412. The van der Waals surface area contributed by atoms with Gasteiger partial charge in [-0.2, -0.15) is 4.98 Å². The number of nitrogens with one attached hydrogen (secondary N) is 1. The van der Waals surface area contributed by atoms with Crippen molar-refractivity contribution in [3.63, 3.8) is 0 Å². The monoisotopic (exact) mass is 360 g/mol. The molecule has 1 aliphatic rings. The van der Waals surface area contributed by atoms with Crippen LogP contribution in [-0.2, 0) is 0 Å². The van der Waals surface area contributed by atoms with Crippen molar-refractivity contribution < 1.29 is 0 Å². The molecule has 0 spiro atoms. The highest BCUT2D eigenvalue weighted by Gasteiger charge is 2.17. The Morgan fingerprint density at radius 2 is 2.18 bits per heavy atom. The summed E-state index contributed by atoms with van der Waals surface area (Å²) in [5.74, 6) is 2.39. The van der Waals surface area contributed by atoms with Crippen LogP contribution in [0.4, 0.5) is 17.5 Å². The van der Waals surface area contributed by atoms with Gasteiger partial charge in [0.1, 0.15) is 5.82 Å². The molecule has 0 amide bonds. The predicted molar refractivity (Wildman–Crippen MR) is 94.8 cm³/mol. The maximum atomic E-state index is 4.67. The lowest BCUT2D eigenvalue weighted by Crippen LogP contribution is -2.34. The Morgan fingerprint density at radius 3 is 2.95 bits per heavy atom. The Hall–Kier alpha value is -1.62. The lowest BCUT2D eigenvalue weighted by atomic mass is 10.0. The number of piperidine rings is 1. The van der Waals surface area contributed by atoms with Crippen LogP contribution in [0.25, 0.3) is 0 Å². The predicted octanol–water partition coefficient (Wildman–Crippen LogP) is 4.53. The maximum Gasteiger partial charge on any atom is 0.229 e. The molecule has 0 saturated carbocycles. The first-order valence-electron chi connectivity index (χ1n) is 7.73. The van der Waals surface area contributed by atoms with E-state index in [2.05, 4.69) is 56.0 Å². The minimum atomic E-state index is 0.650. The van der Waals surface area contributed by atoms with Crippen LogP contribution < -0.4 is 10.2 Å². The van der Waals surface area contributed by atoms with E-state index in [-0.39, 0.29) is 0 Å². The molecule has 3 rings (SSSR count). The van der Waals surface area contributed by atoms with Gasteiger partial charge in [-0.25, -0.2) is 4.98 Å². The number of rotatable bonds is 3. The van der Waals surface area contributed by atoms with Crippen molar-refractivity contribution >= 4 is 33.4 Å². The number of aromatic nitrogens is 2. The van der Waals surface area contributed by atoms with Gasteiger partial charge in [0.05, 0.1) is 0 Å². The van der Waals surface area contributed by atoms with Crippen molar-refractivity contribution in [1.29, 1.82) is 0 Å². The van der Waals surface area contributed by atoms with Gasteiger partial charge in [-0.05, 0) is 55.5 Å².